The van der Waals surface area contributed by atoms with Gasteiger partial charge < -0.3 is 4.74 Å². The number of hydrogen-bond donors (Lipinski definition) is 1. The number of sulfonamides is 1. The first-order valence-electron chi connectivity index (χ1n) is 6.26. The van der Waals surface area contributed by atoms with Gasteiger partial charge in [-0.2, -0.15) is 0 Å². The van der Waals surface area contributed by atoms with Crippen LogP contribution >= 0.6 is 15.9 Å². The van der Waals surface area contributed by atoms with E-state index in [0.717, 1.165) is 15.6 Å². The number of halogens is 1. The molecule has 0 bridgehead atoms. The molecule has 4 nitrogen and oxygen atoms in total. The second-order valence-electron chi connectivity index (χ2n) is 4.88. The van der Waals surface area contributed by atoms with Crippen LogP contribution in [0, 0.1) is 13.8 Å². The molecule has 6 heteroatoms. The van der Waals surface area contributed by atoms with E-state index in [9.17, 15) is 8.42 Å². The molecular formula is C13H18BrNO3S. The van der Waals surface area contributed by atoms with Gasteiger partial charge in [-0.25, -0.2) is 8.42 Å². The molecular weight excluding hydrogens is 330 g/mol. The fourth-order valence-electron chi connectivity index (χ4n) is 2.24. The molecule has 0 atom stereocenters. The third-order valence-corrected chi connectivity index (χ3v) is 6.42. The van der Waals surface area contributed by atoms with Crippen molar-refractivity contribution >= 4 is 31.6 Å². The molecule has 1 aliphatic rings. The van der Waals surface area contributed by atoms with Crippen molar-refractivity contribution in [2.75, 3.05) is 17.9 Å². The van der Waals surface area contributed by atoms with Crippen LogP contribution in [0.2, 0.25) is 0 Å². The van der Waals surface area contributed by atoms with Gasteiger partial charge in [-0.3, -0.25) is 4.72 Å². The van der Waals surface area contributed by atoms with Crippen molar-refractivity contribution < 1.29 is 13.2 Å². The standard InChI is InChI=1S/C13H18BrNO3S/c1-9-7-11(8-10(2)13(9)14)15-19(16,17)12-3-5-18-6-4-12/h7-8,12,15H,3-6H2,1-2H3. The summed E-state index contributed by atoms with van der Waals surface area (Å²) >= 11 is 3.48. The van der Waals surface area contributed by atoms with Gasteiger partial charge in [0.05, 0.1) is 5.25 Å². The Morgan fingerprint density at radius 3 is 2.26 bits per heavy atom. The van der Waals surface area contributed by atoms with Crippen LogP contribution in [0.3, 0.4) is 0 Å². The van der Waals surface area contributed by atoms with Gasteiger partial charge in [-0.15, -0.1) is 0 Å². The number of ether oxygens (including phenoxy) is 1. The molecule has 2 rings (SSSR count). The van der Waals surface area contributed by atoms with Crippen molar-refractivity contribution in [1.29, 1.82) is 0 Å². The van der Waals surface area contributed by atoms with Crippen molar-refractivity contribution in [2.45, 2.75) is 31.9 Å². The summed E-state index contributed by atoms with van der Waals surface area (Å²) in [5.74, 6) is 0. The molecule has 0 saturated carbocycles. The quantitative estimate of drug-likeness (QED) is 0.914. The first kappa shape index (κ1) is 14.8. The highest BCUT2D eigenvalue weighted by atomic mass is 79.9. The highest BCUT2D eigenvalue weighted by molar-refractivity contribution is 9.10. The second kappa shape index (κ2) is 5.81. The summed E-state index contributed by atoms with van der Waals surface area (Å²) in [4.78, 5) is 0. The second-order valence-corrected chi connectivity index (χ2v) is 7.64. The molecule has 1 N–H and O–H groups in total. The molecule has 1 aromatic carbocycles. The monoisotopic (exact) mass is 347 g/mol. The zero-order valence-corrected chi connectivity index (χ0v) is 13.5. The summed E-state index contributed by atoms with van der Waals surface area (Å²) in [5, 5.41) is -0.356. The topological polar surface area (TPSA) is 55.4 Å². The number of hydrogen-bond acceptors (Lipinski definition) is 3. The zero-order chi connectivity index (χ0) is 14.0. The van der Waals surface area contributed by atoms with Gasteiger partial charge in [0.1, 0.15) is 0 Å². The Morgan fingerprint density at radius 2 is 1.74 bits per heavy atom. The van der Waals surface area contributed by atoms with Crippen LogP contribution in [0.5, 0.6) is 0 Å². The van der Waals surface area contributed by atoms with Crippen LogP contribution in [0.4, 0.5) is 5.69 Å². The summed E-state index contributed by atoms with van der Waals surface area (Å²) < 4.78 is 33.5. The van der Waals surface area contributed by atoms with Crippen molar-refractivity contribution in [3.63, 3.8) is 0 Å². The van der Waals surface area contributed by atoms with Gasteiger partial charge in [-0.05, 0) is 49.9 Å². The van der Waals surface area contributed by atoms with Gasteiger partial charge in [-0.1, -0.05) is 15.9 Å². The Kier molecular flexibility index (Phi) is 4.53. The maximum Gasteiger partial charge on any atom is 0.235 e. The molecule has 1 aliphatic heterocycles. The number of anilines is 1. The molecule has 0 spiro atoms. The average Bonchev–Trinajstić information content (AvgIpc) is 2.36. The van der Waals surface area contributed by atoms with E-state index in [0.29, 0.717) is 31.7 Å². The van der Waals surface area contributed by atoms with Crippen LogP contribution < -0.4 is 4.72 Å². The van der Waals surface area contributed by atoms with E-state index in [2.05, 4.69) is 20.7 Å². The first-order chi connectivity index (χ1) is 8.90. The Balaban J connectivity index is 2.20. The van der Waals surface area contributed by atoms with Gasteiger partial charge in [0.15, 0.2) is 0 Å². The number of rotatable bonds is 3. The molecule has 1 fully saturated rings. The molecule has 0 aromatic heterocycles. The number of benzene rings is 1. The molecule has 1 aromatic rings. The van der Waals surface area contributed by atoms with Crippen LogP contribution in [0.1, 0.15) is 24.0 Å². The predicted octanol–water partition coefficient (Wildman–Crippen LogP) is 2.99. The lowest BCUT2D eigenvalue weighted by molar-refractivity contribution is 0.0984. The maximum absolute atomic E-state index is 12.3. The first-order valence-corrected chi connectivity index (χ1v) is 8.60. The lowest BCUT2D eigenvalue weighted by Gasteiger charge is -2.23. The van der Waals surface area contributed by atoms with Crippen molar-refractivity contribution in [2.24, 2.45) is 0 Å². The highest BCUT2D eigenvalue weighted by Crippen LogP contribution is 2.27. The molecule has 106 valence electrons. The largest absolute Gasteiger partial charge is 0.381 e. The van der Waals surface area contributed by atoms with E-state index < -0.39 is 10.0 Å². The fourth-order valence-corrected chi connectivity index (χ4v) is 3.89. The summed E-state index contributed by atoms with van der Waals surface area (Å²) in [5.41, 5.74) is 2.67. The molecule has 0 radical (unpaired) electrons. The van der Waals surface area contributed by atoms with E-state index in [1.54, 1.807) is 0 Å². The van der Waals surface area contributed by atoms with Crippen molar-refractivity contribution in [1.82, 2.24) is 0 Å². The summed E-state index contributed by atoms with van der Waals surface area (Å²) in [6.45, 7) is 4.93. The lowest BCUT2D eigenvalue weighted by atomic mass is 10.1. The molecule has 1 saturated heterocycles. The van der Waals surface area contributed by atoms with Gasteiger partial charge >= 0.3 is 0 Å². The third-order valence-electron chi connectivity index (χ3n) is 3.30. The Morgan fingerprint density at radius 1 is 1.21 bits per heavy atom. The summed E-state index contributed by atoms with van der Waals surface area (Å²) in [6.07, 6.45) is 1.12. The average molecular weight is 348 g/mol. The fraction of sp³-hybridized carbons (Fsp3) is 0.538. The van der Waals surface area contributed by atoms with Crippen molar-refractivity contribution in [3.8, 4) is 0 Å². The SMILES string of the molecule is Cc1cc(NS(=O)(=O)C2CCOCC2)cc(C)c1Br. The van der Waals surface area contributed by atoms with Crippen LogP contribution in [-0.2, 0) is 14.8 Å². The van der Waals surface area contributed by atoms with E-state index in [4.69, 9.17) is 4.74 Å². The van der Waals surface area contributed by atoms with E-state index >= 15 is 0 Å². The molecule has 0 amide bonds. The minimum absolute atomic E-state index is 0.356. The van der Waals surface area contributed by atoms with Gasteiger partial charge in [0, 0.05) is 23.4 Å². The van der Waals surface area contributed by atoms with Crippen molar-refractivity contribution in [3.05, 3.63) is 27.7 Å². The third kappa shape index (κ3) is 3.49. The Bertz CT molecular complexity index is 542. The van der Waals surface area contributed by atoms with Crippen LogP contribution in [0.25, 0.3) is 0 Å². The molecule has 0 unspecified atom stereocenters. The number of nitrogens with one attached hydrogen (secondary N) is 1. The summed E-state index contributed by atoms with van der Waals surface area (Å²) in [7, 11) is -3.33. The van der Waals surface area contributed by atoms with Crippen LogP contribution in [-0.4, -0.2) is 26.9 Å². The lowest BCUT2D eigenvalue weighted by Crippen LogP contribution is -2.33. The minimum Gasteiger partial charge on any atom is -0.381 e. The molecule has 19 heavy (non-hydrogen) atoms. The Labute approximate surface area is 122 Å². The number of aryl methyl sites for hydroxylation is 2. The van der Waals surface area contributed by atoms with Crippen LogP contribution in [0.15, 0.2) is 16.6 Å². The van der Waals surface area contributed by atoms with E-state index in [-0.39, 0.29) is 5.25 Å². The summed E-state index contributed by atoms with van der Waals surface area (Å²) in [6, 6.07) is 3.68. The molecule has 1 heterocycles. The van der Waals surface area contributed by atoms with Gasteiger partial charge in [0.2, 0.25) is 10.0 Å². The zero-order valence-electron chi connectivity index (χ0n) is 11.1. The van der Waals surface area contributed by atoms with E-state index in [1.165, 1.54) is 0 Å². The van der Waals surface area contributed by atoms with Gasteiger partial charge in [0.25, 0.3) is 0 Å². The smallest absolute Gasteiger partial charge is 0.235 e. The Hall–Kier alpha value is -0.590. The maximum atomic E-state index is 12.3. The van der Waals surface area contributed by atoms with E-state index in [1.807, 2.05) is 26.0 Å². The minimum atomic E-state index is -3.33. The molecule has 0 aliphatic carbocycles. The normalized spacial score (nSPS) is 17.4. The predicted molar refractivity (Wildman–Crippen MR) is 80.0 cm³/mol. The highest BCUT2D eigenvalue weighted by Gasteiger charge is 2.27.